The first-order valence-electron chi connectivity index (χ1n) is 6.50. The van der Waals surface area contributed by atoms with Gasteiger partial charge in [-0.1, -0.05) is 0 Å². The third-order valence-electron chi connectivity index (χ3n) is 3.78. The molecule has 2 aromatic carbocycles. The maximum Gasteiger partial charge on any atom is 0.207 e. The lowest BCUT2D eigenvalue weighted by Gasteiger charge is -2.14. The third-order valence-corrected chi connectivity index (χ3v) is 5.82. The summed E-state index contributed by atoms with van der Waals surface area (Å²) < 4.78 is 25.7. The van der Waals surface area contributed by atoms with Crippen molar-refractivity contribution < 1.29 is 18.6 Å². The van der Waals surface area contributed by atoms with Crippen molar-refractivity contribution in [1.82, 2.24) is 0 Å². The fourth-order valence-corrected chi connectivity index (χ4v) is 4.11. The van der Waals surface area contributed by atoms with Gasteiger partial charge in [0.2, 0.25) is 9.84 Å². The van der Waals surface area contributed by atoms with Gasteiger partial charge in [-0.2, -0.15) is 0 Å². The lowest BCUT2D eigenvalue weighted by molar-refractivity contribution is 0.469. The molecular weight excluding hydrogens is 288 g/mol. The quantitative estimate of drug-likeness (QED) is 0.893. The zero-order chi connectivity index (χ0) is 15.9. The maximum atomic E-state index is 12.8. The number of phenolic OH excluding ortho intramolecular Hbond substituents is 2. The van der Waals surface area contributed by atoms with Crippen molar-refractivity contribution in [3.05, 3.63) is 46.5 Å². The first kappa shape index (κ1) is 15.4. The molecule has 0 atom stereocenters. The van der Waals surface area contributed by atoms with E-state index in [1.807, 2.05) is 0 Å². The smallest absolute Gasteiger partial charge is 0.207 e. The summed E-state index contributed by atoms with van der Waals surface area (Å²) in [5, 5.41) is 19.3. The van der Waals surface area contributed by atoms with E-state index in [0.717, 1.165) is 0 Å². The molecule has 0 aliphatic carbocycles. The zero-order valence-corrected chi connectivity index (χ0v) is 13.2. The maximum absolute atomic E-state index is 12.8. The van der Waals surface area contributed by atoms with Crippen molar-refractivity contribution in [2.75, 3.05) is 0 Å². The SMILES string of the molecule is Cc1cc(S(=O)(=O)c2ccc(O)c(C)c2C)c(C)cc1O. The van der Waals surface area contributed by atoms with E-state index in [4.69, 9.17) is 0 Å². The van der Waals surface area contributed by atoms with Gasteiger partial charge in [-0.25, -0.2) is 8.42 Å². The summed E-state index contributed by atoms with van der Waals surface area (Å²) in [7, 11) is -3.70. The minimum atomic E-state index is -3.70. The van der Waals surface area contributed by atoms with Crippen LogP contribution in [0.5, 0.6) is 11.5 Å². The summed E-state index contributed by atoms with van der Waals surface area (Å²) in [5.74, 6) is 0.148. The summed E-state index contributed by atoms with van der Waals surface area (Å²) in [4.78, 5) is 0.344. The van der Waals surface area contributed by atoms with Crippen LogP contribution in [0.15, 0.2) is 34.1 Å². The highest BCUT2D eigenvalue weighted by atomic mass is 32.2. The van der Waals surface area contributed by atoms with Crippen LogP contribution in [0.3, 0.4) is 0 Å². The number of phenols is 2. The van der Waals surface area contributed by atoms with Crippen LogP contribution in [0.2, 0.25) is 0 Å². The molecule has 0 heterocycles. The van der Waals surface area contributed by atoms with E-state index >= 15 is 0 Å². The predicted molar refractivity (Wildman–Crippen MR) is 80.6 cm³/mol. The number of aryl methyl sites for hydroxylation is 2. The second-order valence-electron chi connectivity index (χ2n) is 5.24. The van der Waals surface area contributed by atoms with Crippen molar-refractivity contribution in [2.24, 2.45) is 0 Å². The number of hydrogen-bond acceptors (Lipinski definition) is 4. The highest BCUT2D eigenvalue weighted by Gasteiger charge is 2.24. The summed E-state index contributed by atoms with van der Waals surface area (Å²) in [5.41, 5.74) is 2.07. The highest BCUT2D eigenvalue weighted by Crippen LogP contribution is 2.33. The van der Waals surface area contributed by atoms with Crippen LogP contribution in [0, 0.1) is 27.7 Å². The molecule has 4 nitrogen and oxygen atoms in total. The second kappa shape index (κ2) is 5.07. The molecule has 0 radical (unpaired) electrons. The number of hydrogen-bond donors (Lipinski definition) is 2. The van der Waals surface area contributed by atoms with Gasteiger partial charge < -0.3 is 10.2 Å². The first-order chi connectivity index (χ1) is 9.66. The largest absolute Gasteiger partial charge is 0.508 e. The molecule has 0 fully saturated rings. The Balaban J connectivity index is 2.75. The standard InChI is InChI=1S/C16H18O4S/c1-9-8-16(10(2)7-14(9)18)21(19,20)15-6-5-13(17)11(3)12(15)4/h5-8,17-18H,1-4H3. The Morgan fingerprint density at radius 1 is 0.762 bits per heavy atom. The van der Waals surface area contributed by atoms with Gasteiger partial charge in [-0.3, -0.25) is 0 Å². The Morgan fingerprint density at radius 2 is 1.38 bits per heavy atom. The zero-order valence-electron chi connectivity index (χ0n) is 12.4. The highest BCUT2D eigenvalue weighted by molar-refractivity contribution is 7.91. The second-order valence-corrected chi connectivity index (χ2v) is 7.13. The topological polar surface area (TPSA) is 74.6 Å². The van der Waals surface area contributed by atoms with Gasteiger partial charge in [0.05, 0.1) is 9.79 Å². The van der Waals surface area contributed by atoms with E-state index in [-0.39, 0.29) is 21.3 Å². The molecular formula is C16H18O4S. The van der Waals surface area contributed by atoms with Crippen molar-refractivity contribution in [3.63, 3.8) is 0 Å². The summed E-state index contributed by atoms with van der Waals surface area (Å²) in [6.45, 7) is 6.65. The van der Waals surface area contributed by atoms with E-state index in [9.17, 15) is 18.6 Å². The van der Waals surface area contributed by atoms with Gasteiger partial charge in [0, 0.05) is 0 Å². The summed E-state index contributed by atoms with van der Waals surface area (Å²) in [6, 6.07) is 5.72. The first-order valence-corrected chi connectivity index (χ1v) is 7.99. The summed E-state index contributed by atoms with van der Waals surface area (Å²) in [6.07, 6.45) is 0. The molecule has 5 heteroatoms. The molecule has 0 aliphatic heterocycles. The molecule has 0 saturated carbocycles. The van der Waals surface area contributed by atoms with Crippen LogP contribution >= 0.6 is 0 Å². The van der Waals surface area contributed by atoms with E-state index in [1.54, 1.807) is 27.7 Å². The molecule has 0 saturated heterocycles. The minimum Gasteiger partial charge on any atom is -0.508 e. The van der Waals surface area contributed by atoms with Crippen LogP contribution in [0.25, 0.3) is 0 Å². The number of rotatable bonds is 2. The van der Waals surface area contributed by atoms with Crippen molar-refractivity contribution in [2.45, 2.75) is 37.5 Å². The lowest BCUT2D eigenvalue weighted by atomic mass is 10.1. The number of sulfone groups is 1. The van der Waals surface area contributed by atoms with E-state index in [2.05, 4.69) is 0 Å². The van der Waals surface area contributed by atoms with E-state index < -0.39 is 9.84 Å². The Kier molecular flexibility index (Phi) is 3.72. The average molecular weight is 306 g/mol. The van der Waals surface area contributed by atoms with Gasteiger partial charge in [0.25, 0.3) is 0 Å². The molecule has 0 bridgehead atoms. The number of benzene rings is 2. The Labute approximate surface area is 124 Å². The number of aromatic hydroxyl groups is 2. The van der Waals surface area contributed by atoms with E-state index in [0.29, 0.717) is 22.3 Å². The molecule has 0 aliphatic rings. The van der Waals surface area contributed by atoms with Crippen LogP contribution in [0.4, 0.5) is 0 Å². The van der Waals surface area contributed by atoms with Gasteiger partial charge in [0.15, 0.2) is 0 Å². The molecule has 2 N–H and O–H groups in total. The summed E-state index contributed by atoms with van der Waals surface area (Å²) >= 11 is 0. The lowest BCUT2D eigenvalue weighted by Crippen LogP contribution is -2.07. The van der Waals surface area contributed by atoms with Crippen LogP contribution in [-0.2, 0) is 9.84 Å². The van der Waals surface area contributed by atoms with Crippen molar-refractivity contribution in [1.29, 1.82) is 0 Å². The molecule has 0 amide bonds. The van der Waals surface area contributed by atoms with Gasteiger partial charge in [0.1, 0.15) is 11.5 Å². The fourth-order valence-electron chi connectivity index (χ4n) is 2.26. The Morgan fingerprint density at radius 3 is 2.00 bits per heavy atom. The molecule has 0 spiro atoms. The molecule has 112 valence electrons. The molecule has 0 unspecified atom stereocenters. The predicted octanol–water partition coefficient (Wildman–Crippen LogP) is 3.16. The molecule has 2 aromatic rings. The van der Waals surface area contributed by atoms with Gasteiger partial charge in [-0.15, -0.1) is 0 Å². The van der Waals surface area contributed by atoms with Crippen molar-refractivity contribution in [3.8, 4) is 11.5 Å². The fraction of sp³-hybridized carbons (Fsp3) is 0.250. The van der Waals surface area contributed by atoms with Crippen LogP contribution in [0.1, 0.15) is 22.3 Å². The monoisotopic (exact) mass is 306 g/mol. The Bertz CT molecular complexity index is 813. The van der Waals surface area contributed by atoms with Crippen LogP contribution < -0.4 is 0 Å². The average Bonchev–Trinajstić information content (AvgIpc) is 2.39. The van der Waals surface area contributed by atoms with Crippen LogP contribution in [-0.4, -0.2) is 18.6 Å². The molecule has 21 heavy (non-hydrogen) atoms. The van der Waals surface area contributed by atoms with E-state index in [1.165, 1.54) is 24.3 Å². The van der Waals surface area contributed by atoms with Gasteiger partial charge in [-0.05, 0) is 74.2 Å². The molecule has 0 aromatic heterocycles. The normalized spacial score (nSPS) is 11.6. The minimum absolute atomic E-state index is 0.0741. The molecule has 2 rings (SSSR count). The van der Waals surface area contributed by atoms with Crippen molar-refractivity contribution >= 4 is 9.84 Å². The Hall–Kier alpha value is -2.01. The third kappa shape index (κ3) is 2.49. The van der Waals surface area contributed by atoms with Gasteiger partial charge >= 0.3 is 0 Å².